The number of nitrogens with one attached hydrogen (secondary N) is 1. The number of hydrogen-bond acceptors (Lipinski definition) is 7. The molecule has 8 heteroatoms. The van der Waals surface area contributed by atoms with E-state index in [-0.39, 0.29) is 5.91 Å². The van der Waals surface area contributed by atoms with E-state index in [1.165, 1.54) is 0 Å². The maximum absolute atomic E-state index is 12.3. The van der Waals surface area contributed by atoms with Crippen LogP contribution in [0.3, 0.4) is 0 Å². The normalized spacial score (nSPS) is 10.6. The van der Waals surface area contributed by atoms with Gasteiger partial charge in [0, 0.05) is 40.2 Å². The van der Waals surface area contributed by atoms with E-state index in [9.17, 15) is 4.79 Å². The number of aromatic nitrogens is 3. The Kier molecular flexibility index (Phi) is 5.38. The highest BCUT2D eigenvalue weighted by molar-refractivity contribution is 5.93. The van der Waals surface area contributed by atoms with Crippen molar-refractivity contribution in [2.24, 2.45) is 0 Å². The molecule has 2 heterocycles. The molecule has 0 radical (unpaired) electrons. The molecule has 0 aliphatic carbocycles. The van der Waals surface area contributed by atoms with Gasteiger partial charge in [0.2, 0.25) is 11.9 Å². The minimum Gasteiger partial charge on any atom is -0.361 e. The van der Waals surface area contributed by atoms with Gasteiger partial charge in [-0.15, -0.1) is 0 Å². The highest BCUT2D eigenvalue weighted by Crippen LogP contribution is 2.23. The Labute approximate surface area is 141 Å². The zero-order chi connectivity index (χ0) is 17.9. The summed E-state index contributed by atoms with van der Waals surface area (Å²) in [7, 11) is 7.50. The number of rotatable bonds is 6. The molecule has 2 aromatic rings. The summed E-state index contributed by atoms with van der Waals surface area (Å²) in [6.45, 7) is 3.73. The van der Waals surface area contributed by atoms with Crippen molar-refractivity contribution >= 4 is 23.4 Å². The molecule has 130 valence electrons. The molecule has 0 saturated heterocycles. The van der Waals surface area contributed by atoms with Crippen LogP contribution in [-0.2, 0) is 11.2 Å². The Hall–Kier alpha value is -2.64. The topological polar surface area (TPSA) is 87.4 Å². The van der Waals surface area contributed by atoms with Gasteiger partial charge in [-0.25, -0.2) is 4.98 Å². The fourth-order valence-electron chi connectivity index (χ4n) is 2.32. The molecule has 0 aromatic carbocycles. The first-order valence-electron chi connectivity index (χ1n) is 7.73. The van der Waals surface area contributed by atoms with Gasteiger partial charge in [0.25, 0.3) is 0 Å². The summed E-state index contributed by atoms with van der Waals surface area (Å²) in [4.78, 5) is 24.7. The molecule has 8 nitrogen and oxygen atoms in total. The van der Waals surface area contributed by atoms with Crippen molar-refractivity contribution in [2.45, 2.75) is 26.7 Å². The van der Waals surface area contributed by atoms with Gasteiger partial charge < -0.3 is 19.6 Å². The summed E-state index contributed by atoms with van der Waals surface area (Å²) in [6, 6.07) is 0. The van der Waals surface area contributed by atoms with Crippen LogP contribution in [-0.4, -0.2) is 49.2 Å². The van der Waals surface area contributed by atoms with Crippen molar-refractivity contribution < 1.29 is 9.32 Å². The Bertz CT molecular complexity index is 704. The van der Waals surface area contributed by atoms with Crippen LogP contribution in [0, 0.1) is 13.8 Å². The number of carbonyl (C=O) groups is 1. The van der Waals surface area contributed by atoms with Crippen molar-refractivity contribution in [1.29, 1.82) is 0 Å². The van der Waals surface area contributed by atoms with Gasteiger partial charge in [-0.2, -0.15) is 4.98 Å². The zero-order valence-electron chi connectivity index (χ0n) is 15.0. The number of anilines is 3. The SMILES string of the molecule is Cc1noc(C)c1CCC(=O)Nc1cnc(N(C)C)nc1N(C)C. The smallest absolute Gasteiger partial charge is 0.226 e. The van der Waals surface area contributed by atoms with Crippen molar-refractivity contribution in [1.82, 2.24) is 15.1 Å². The predicted molar refractivity (Wildman–Crippen MR) is 93.6 cm³/mol. The van der Waals surface area contributed by atoms with Crippen LogP contribution >= 0.6 is 0 Å². The van der Waals surface area contributed by atoms with Crippen molar-refractivity contribution in [3.8, 4) is 0 Å². The molecule has 1 N–H and O–H groups in total. The fraction of sp³-hybridized carbons (Fsp3) is 0.500. The van der Waals surface area contributed by atoms with Crippen LogP contribution < -0.4 is 15.1 Å². The van der Waals surface area contributed by atoms with E-state index in [4.69, 9.17) is 4.52 Å². The molecule has 0 saturated carbocycles. The maximum atomic E-state index is 12.3. The summed E-state index contributed by atoms with van der Waals surface area (Å²) in [5.74, 6) is 1.92. The van der Waals surface area contributed by atoms with Gasteiger partial charge in [-0.1, -0.05) is 5.16 Å². The number of carbonyl (C=O) groups excluding carboxylic acids is 1. The maximum Gasteiger partial charge on any atom is 0.226 e. The second-order valence-corrected chi connectivity index (χ2v) is 6.05. The summed E-state index contributed by atoms with van der Waals surface area (Å²) < 4.78 is 5.12. The lowest BCUT2D eigenvalue weighted by Gasteiger charge is -2.19. The zero-order valence-corrected chi connectivity index (χ0v) is 15.0. The van der Waals surface area contributed by atoms with E-state index in [0.29, 0.717) is 30.3 Å². The molecule has 0 bridgehead atoms. The van der Waals surface area contributed by atoms with E-state index in [1.807, 2.05) is 51.8 Å². The van der Waals surface area contributed by atoms with Crippen LogP contribution in [0.1, 0.15) is 23.4 Å². The van der Waals surface area contributed by atoms with Crippen molar-refractivity contribution in [3.05, 3.63) is 23.2 Å². The third-order valence-corrected chi connectivity index (χ3v) is 3.64. The molecule has 24 heavy (non-hydrogen) atoms. The lowest BCUT2D eigenvalue weighted by molar-refractivity contribution is -0.116. The van der Waals surface area contributed by atoms with Gasteiger partial charge in [0.15, 0.2) is 5.82 Å². The van der Waals surface area contributed by atoms with Crippen molar-refractivity contribution in [2.75, 3.05) is 43.3 Å². The lowest BCUT2D eigenvalue weighted by Crippen LogP contribution is -2.21. The van der Waals surface area contributed by atoms with E-state index < -0.39 is 0 Å². The Morgan fingerprint density at radius 2 is 1.92 bits per heavy atom. The molecule has 0 spiro atoms. The average Bonchev–Trinajstić information content (AvgIpc) is 2.83. The quantitative estimate of drug-likeness (QED) is 0.862. The van der Waals surface area contributed by atoms with Crippen molar-refractivity contribution in [3.63, 3.8) is 0 Å². The molecule has 2 rings (SSSR count). The number of hydrogen-bond donors (Lipinski definition) is 1. The Morgan fingerprint density at radius 3 is 2.46 bits per heavy atom. The van der Waals surface area contributed by atoms with Gasteiger partial charge in [0.1, 0.15) is 11.4 Å². The standard InChI is InChI=1S/C16H24N6O2/c1-10-12(11(2)24-20-10)7-8-14(23)18-13-9-17-16(22(5)6)19-15(13)21(3)4/h9H,7-8H2,1-6H3,(H,18,23). The third kappa shape index (κ3) is 4.01. The second kappa shape index (κ2) is 7.29. The number of nitrogens with zero attached hydrogens (tertiary/aromatic N) is 5. The number of amides is 1. The van der Waals surface area contributed by atoms with Gasteiger partial charge in [0.05, 0.1) is 11.9 Å². The largest absolute Gasteiger partial charge is 0.361 e. The minimum atomic E-state index is -0.0979. The van der Waals surface area contributed by atoms with Crippen LogP contribution in [0.2, 0.25) is 0 Å². The third-order valence-electron chi connectivity index (χ3n) is 3.64. The summed E-state index contributed by atoms with van der Waals surface area (Å²) >= 11 is 0. The highest BCUT2D eigenvalue weighted by atomic mass is 16.5. The van der Waals surface area contributed by atoms with Crippen LogP contribution in [0.25, 0.3) is 0 Å². The van der Waals surface area contributed by atoms with E-state index >= 15 is 0 Å². The van der Waals surface area contributed by atoms with E-state index in [1.54, 1.807) is 6.20 Å². The Balaban J connectivity index is 2.08. The van der Waals surface area contributed by atoms with Crippen LogP contribution in [0.5, 0.6) is 0 Å². The fourth-order valence-corrected chi connectivity index (χ4v) is 2.32. The molecular weight excluding hydrogens is 308 g/mol. The first kappa shape index (κ1) is 17.7. The summed E-state index contributed by atoms with van der Waals surface area (Å²) in [5, 5.41) is 6.79. The summed E-state index contributed by atoms with van der Waals surface area (Å²) in [5.41, 5.74) is 2.40. The molecular formula is C16H24N6O2. The minimum absolute atomic E-state index is 0.0979. The first-order chi connectivity index (χ1) is 11.3. The van der Waals surface area contributed by atoms with E-state index in [2.05, 4.69) is 20.4 Å². The highest BCUT2D eigenvalue weighted by Gasteiger charge is 2.15. The average molecular weight is 332 g/mol. The molecule has 0 aliphatic rings. The first-order valence-corrected chi connectivity index (χ1v) is 7.73. The monoisotopic (exact) mass is 332 g/mol. The Morgan fingerprint density at radius 1 is 1.21 bits per heavy atom. The second-order valence-electron chi connectivity index (χ2n) is 6.05. The van der Waals surface area contributed by atoms with Crippen LogP contribution in [0.4, 0.5) is 17.5 Å². The van der Waals surface area contributed by atoms with Gasteiger partial charge in [-0.05, 0) is 20.3 Å². The van der Waals surface area contributed by atoms with Gasteiger partial charge in [-0.3, -0.25) is 4.79 Å². The summed E-state index contributed by atoms with van der Waals surface area (Å²) in [6.07, 6.45) is 2.55. The lowest BCUT2D eigenvalue weighted by atomic mass is 10.1. The van der Waals surface area contributed by atoms with Crippen LogP contribution in [0.15, 0.2) is 10.7 Å². The molecule has 0 aliphatic heterocycles. The molecule has 0 fully saturated rings. The van der Waals surface area contributed by atoms with Gasteiger partial charge >= 0.3 is 0 Å². The molecule has 1 amide bonds. The molecule has 0 atom stereocenters. The number of aryl methyl sites for hydroxylation is 2. The molecule has 2 aromatic heterocycles. The molecule has 0 unspecified atom stereocenters. The predicted octanol–water partition coefficient (Wildman–Crippen LogP) is 1.78. The van der Waals surface area contributed by atoms with E-state index in [0.717, 1.165) is 17.0 Å².